The van der Waals surface area contributed by atoms with Gasteiger partial charge in [-0.05, 0) is 42.2 Å². The number of rotatable bonds is 13. The molecule has 0 aliphatic carbocycles. The zero-order chi connectivity index (χ0) is 29.1. The molecule has 2 amide bonds. The number of alkyl carbamates (subject to hydrolysis) is 1. The molecule has 8 heteroatoms. The Labute approximate surface area is 237 Å². The van der Waals surface area contributed by atoms with Gasteiger partial charge in [0.05, 0.1) is 19.1 Å². The second-order valence-electron chi connectivity index (χ2n) is 11.3. The molecule has 3 rings (SSSR count). The summed E-state index contributed by atoms with van der Waals surface area (Å²) in [6.07, 6.45) is -0.225. The van der Waals surface area contributed by atoms with Crippen LogP contribution in [0.5, 0.6) is 0 Å². The minimum atomic E-state index is -0.828. The van der Waals surface area contributed by atoms with E-state index in [2.05, 4.69) is 5.32 Å². The first-order chi connectivity index (χ1) is 19.1. The normalized spacial score (nSPS) is 17.0. The summed E-state index contributed by atoms with van der Waals surface area (Å²) in [5.74, 6) is -1.33. The van der Waals surface area contributed by atoms with E-state index in [1.165, 1.54) is 4.90 Å². The Morgan fingerprint density at radius 3 is 2.00 bits per heavy atom. The van der Waals surface area contributed by atoms with Crippen LogP contribution in [0.4, 0.5) is 4.79 Å². The first-order valence-electron chi connectivity index (χ1n) is 14.1. The molecule has 1 aliphatic rings. The van der Waals surface area contributed by atoms with Crippen LogP contribution in [0.1, 0.15) is 58.1 Å². The highest BCUT2D eigenvalue weighted by atomic mass is 16.5. The molecule has 8 nitrogen and oxygen atoms in total. The van der Waals surface area contributed by atoms with Crippen molar-refractivity contribution >= 4 is 23.6 Å². The molecule has 1 saturated heterocycles. The van der Waals surface area contributed by atoms with E-state index in [0.29, 0.717) is 19.4 Å². The molecule has 2 aromatic rings. The zero-order valence-electron chi connectivity index (χ0n) is 24.0. The molecular formula is C32H42N2O6. The summed E-state index contributed by atoms with van der Waals surface area (Å²) in [6, 6.07) is 18.1. The van der Waals surface area contributed by atoms with Crippen molar-refractivity contribution in [1.82, 2.24) is 10.2 Å². The van der Waals surface area contributed by atoms with E-state index in [1.54, 1.807) is 0 Å². The van der Waals surface area contributed by atoms with Crippen LogP contribution >= 0.6 is 0 Å². The predicted molar refractivity (Wildman–Crippen MR) is 152 cm³/mol. The van der Waals surface area contributed by atoms with Crippen LogP contribution in [0, 0.1) is 17.8 Å². The SMILES string of the molecule is CC(C)C[C@H](NC(=O)OCc1ccccc1)C(=O)N1CCC(C(=O)[C@H](CC(C)C)OCc2ccccc2)C(=O)C1. The number of Topliss-reactive ketones (excluding diaryl/α,β-unsaturated/α-hetero) is 2. The number of piperidine rings is 1. The number of carbonyl (C=O) groups excluding carboxylic acids is 4. The summed E-state index contributed by atoms with van der Waals surface area (Å²) in [5.41, 5.74) is 1.80. The number of carbonyl (C=O) groups is 4. The van der Waals surface area contributed by atoms with Gasteiger partial charge in [0.2, 0.25) is 5.91 Å². The van der Waals surface area contributed by atoms with Gasteiger partial charge in [-0.2, -0.15) is 0 Å². The monoisotopic (exact) mass is 550 g/mol. The third kappa shape index (κ3) is 9.59. The van der Waals surface area contributed by atoms with E-state index in [1.807, 2.05) is 88.4 Å². The molecule has 1 N–H and O–H groups in total. The lowest BCUT2D eigenvalue weighted by Crippen LogP contribution is -2.54. The predicted octanol–water partition coefficient (Wildman–Crippen LogP) is 4.95. The number of ketones is 2. The quantitative estimate of drug-likeness (QED) is 0.354. The number of benzene rings is 2. The van der Waals surface area contributed by atoms with E-state index < -0.39 is 24.2 Å². The Hall–Kier alpha value is -3.52. The molecule has 1 fully saturated rings. The second-order valence-corrected chi connectivity index (χ2v) is 11.3. The van der Waals surface area contributed by atoms with Crippen LogP contribution in [0.25, 0.3) is 0 Å². The Balaban J connectivity index is 1.59. The molecule has 0 spiro atoms. The van der Waals surface area contributed by atoms with Gasteiger partial charge in [0, 0.05) is 6.54 Å². The van der Waals surface area contributed by atoms with Gasteiger partial charge in [-0.3, -0.25) is 14.4 Å². The molecule has 40 heavy (non-hydrogen) atoms. The van der Waals surface area contributed by atoms with Crippen LogP contribution < -0.4 is 5.32 Å². The number of amides is 2. The van der Waals surface area contributed by atoms with Crippen molar-refractivity contribution in [3.05, 3.63) is 71.8 Å². The second kappa shape index (κ2) is 15.3. The fourth-order valence-corrected chi connectivity index (χ4v) is 4.82. The van der Waals surface area contributed by atoms with Gasteiger partial charge in [0.25, 0.3) is 0 Å². The average molecular weight is 551 g/mol. The highest BCUT2D eigenvalue weighted by molar-refractivity contribution is 6.06. The Morgan fingerprint density at radius 2 is 1.45 bits per heavy atom. The lowest BCUT2D eigenvalue weighted by atomic mass is 9.86. The Bertz CT molecular complexity index is 1120. The van der Waals surface area contributed by atoms with Crippen LogP contribution in [-0.4, -0.2) is 53.7 Å². The van der Waals surface area contributed by atoms with Crippen molar-refractivity contribution in [1.29, 1.82) is 0 Å². The first kappa shape index (κ1) is 31.0. The molecule has 0 radical (unpaired) electrons. The minimum Gasteiger partial charge on any atom is -0.445 e. The van der Waals surface area contributed by atoms with E-state index in [-0.39, 0.29) is 55.4 Å². The fraction of sp³-hybridized carbons (Fsp3) is 0.500. The molecule has 1 heterocycles. The highest BCUT2D eigenvalue weighted by Crippen LogP contribution is 2.23. The molecular weight excluding hydrogens is 508 g/mol. The summed E-state index contributed by atoms with van der Waals surface area (Å²) in [7, 11) is 0. The average Bonchev–Trinajstić information content (AvgIpc) is 2.93. The van der Waals surface area contributed by atoms with Crippen molar-refractivity contribution < 1.29 is 28.7 Å². The fourth-order valence-electron chi connectivity index (χ4n) is 4.82. The van der Waals surface area contributed by atoms with Crippen molar-refractivity contribution in [3.8, 4) is 0 Å². The van der Waals surface area contributed by atoms with Gasteiger partial charge >= 0.3 is 6.09 Å². The third-order valence-corrected chi connectivity index (χ3v) is 6.89. The Morgan fingerprint density at radius 1 is 0.875 bits per heavy atom. The number of nitrogens with zero attached hydrogens (tertiary/aromatic N) is 1. The molecule has 0 bridgehead atoms. The molecule has 216 valence electrons. The van der Waals surface area contributed by atoms with Crippen LogP contribution in [0.2, 0.25) is 0 Å². The molecule has 1 aliphatic heterocycles. The summed E-state index contributed by atoms with van der Waals surface area (Å²) in [6.45, 7) is 8.41. The van der Waals surface area contributed by atoms with Gasteiger partial charge in [-0.15, -0.1) is 0 Å². The van der Waals surface area contributed by atoms with Crippen LogP contribution in [-0.2, 0) is 37.1 Å². The number of likely N-dealkylation sites (tertiary alicyclic amines) is 1. The maximum Gasteiger partial charge on any atom is 0.408 e. The van der Waals surface area contributed by atoms with E-state index >= 15 is 0 Å². The van der Waals surface area contributed by atoms with Gasteiger partial charge in [0.1, 0.15) is 18.8 Å². The Kier molecular flexibility index (Phi) is 11.9. The van der Waals surface area contributed by atoms with Crippen molar-refractivity contribution in [3.63, 3.8) is 0 Å². The van der Waals surface area contributed by atoms with Crippen molar-refractivity contribution in [2.24, 2.45) is 17.8 Å². The molecule has 3 atom stereocenters. The largest absolute Gasteiger partial charge is 0.445 e. The number of hydrogen-bond acceptors (Lipinski definition) is 6. The molecule has 0 saturated carbocycles. The number of ether oxygens (including phenoxy) is 2. The van der Waals surface area contributed by atoms with E-state index in [4.69, 9.17) is 9.47 Å². The smallest absolute Gasteiger partial charge is 0.408 e. The zero-order valence-corrected chi connectivity index (χ0v) is 24.0. The summed E-state index contributed by atoms with van der Waals surface area (Å²) >= 11 is 0. The van der Waals surface area contributed by atoms with Crippen molar-refractivity contribution in [2.45, 2.75) is 72.3 Å². The van der Waals surface area contributed by atoms with Gasteiger partial charge < -0.3 is 19.7 Å². The first-order valence-corrected chi connectivity index (χ1v) is 14.1. The molecule has 1 unspecified atom stereocenters. The summed E-state index contributed by atoms with van der Waals surface area (Å²) in [5, 5.41) is 2.69. The standard InChI is InChI=1S/C32H42N2O6/c1-22(2)17-27(33-32(38)40-21-25-13-9-6-10-14-25)31(37)34-16-15-26(28(35)19-34)30(36)29(18-23(3)4)39-20-24-11-7-5-8-12-24/h5-14,22-23,26-27,29H,15-21H2,1-4H3,(H,33,38)/t26?,27-,29-/m0/s1. The summed E-state index contributed by atoms with van der Waals surface area (Å²) < 4.78 is 11.3. The van der Waals surface area contributed by atoms with Gasteiger partial charge in [-0.1, -0.05) is 88.4 Å². The van der Waals surface area contributed by atoms with Crippen LogP contribution in [0.3, 0.4) is 0 Å². The number of nitrogens with one attached hydrogen (secondary N) is 1. The molecule has 2 aromatic carbocycles. The highest BCUT2D eigenvalue weighted by Gasteiger charge is 2.39. The van der Waals surface area contributed by atoms with E-state index in [0.717, 1.165) is 11.1 Å². The van der Waals surface area contributed by atoms with Gasteiger partial charge in [0.15, 0.2) is 11.6 Å². The van der Waals surface area contributed by atoms with Crippen LogP contribution in [0.15, 0.2) is 60.7 Å². The number of hydrogen-bond donors (Lipinski definition) is 1. The molecule has 0 aromatic heterocycles. The van der Waals surface area contributed by atoms with E-state index in [9.17, 15) is 19.2 Å². The van der Waals surface area contributed by atoms with Crippen molar-refractivity contribution in [2.75, 3.05) is 13.1 Å². The lowest BCUT2D eigenvalue weighted by Gasteiger charge is -2.34. The topological polar surface area (TPSA) is 102 Å². The third-order valence-electron chi connectivity index (χ3n) is 6.89. The summed E-state index contributed by atoms with van der Waals surface area (Å²) in [4.78, 5) is 53.9. The maximum atomic E-state index is 13.4. The maximum absolute atomic E-state index is 13.4. The lowest BCUT2D eigenvalue weighted by molar-refractivity contribution is -0.149. The minimum absolute atomic E-state index is 0.0884. The van der Waals surface area contributed by atoms with Gasteiger partial charge in [-0.25, -0.2) is 4.79 Å².